The maximum Gasteiger partial charge on any atom is 0.319 e. The van der Waals surface area contributed by atoms with Gasteiger partial charge in [-0.05, 0) is 35.4 Å². The zero-order chi connectivity index (χ0) is 22.2. The number of carbonyl (C=O) groups excluding carboxylic acids is 1. The summed E-state index contributed by atoms with van der Waals surface area (Å²) in [6.07, 6.45) is 3.53. The molecule has 0 atom stereocenters. The Kier molecular flexibility index (Phi) is 7.31. The molecule has 2 amide bonds. The second-order valence-corrected chi connectivity index (χ2v) is 7.44. The first kappa shape index (κ1) is 21.8. The van der Waals surface area contributed by atoms with E-state index in [0.29, 0.717) is 23.6 Å². The second-order valence-electron chi connectivity index (χ2n) is 7.44. The van der Waals surface area contributed by atoms with Crippen LogP contribution in [0.2, 0.25) is 0 Å². The van der Waals surface area contributed by atoms with Crippen LogP contribution in [0.15, 0.2) is 54.9 Å². The van der Waals surface area contributed by atoms with E-state index >= 15 is 0 Å². The van der Waals surface area contributed by atoms with Crippen molar-refractivity contribution in [2.45, 2.75) is 6.54 Å². The van der Waals surface area contributed by atoms with Gasteiger partial charge in [-0.2, -0.15) is 5.10 Å². The number of hydrogen-bond acceptors (Lipinski definition) is 5. The molecule has 2 heterocycles. The van der Waals surface area contributed by atoms with Gasteiger partial charge in [0.25, 0.3) is 0 Å². The molecule has 1 aliphatic heterocycles. The highest BCUT2D eigenvalue weighted by molar-refractivity contribution is 5.91. The van der Waals surface area contributed by atoms with Crippen LogP contribution < -0.4 is 15.4 Å². The Morgan fingerprint density at radius 3 is 2.84 bits per heavy atom. The number of benzene rings is 2. The Balaban J connectivity index is 1.41. The summed E-state index contributed by atoms with van der Waals surface area (Å²) < 4.78 is 24.8. The number of nitrogens with zero attached hydrogens (tertiary/aromatic N) is 2. The SMILES string of the molecule is O=C(NCc1cccc(F)c1)Nc1ccc(-c2cn[nH]c2)cc1OCCN1CCOCC1. The average molecular weight is 439 g/mol. The Bertz CT molecular complexity index is 1020. The van der Waals surface area contributed by atoms with Crippen LogP contribution in [0.4, 0.5) is 14.9 Å². The predicted octanol–water partition coefficient (Wildman–Crippen LogP) is 3.25. The number of anilines is 1. The van der Waals surface area contributed by atoms with E-state index < -0.39 is 6.03 Å². The molecule has 0 unspecified atom stereocenters. The molecule has 1 aliphatic rings. The van der Waals surface area contributed by atoms with Crippen LogP contribution in [-0.2, 0) is 11.3 Å². The van der Waals surface area contributed by atoms with Gasteiger partial charge in [0.2, 0.25) is 0 Å². The van der Waals surface area contributed by atoms with E-state index in [9.17, 15) is 9.18 Å². The molecule has 32 heavy (non-hydrogen) atoms. The molecule has 4 rings (SSSR count). The molecule has 1 aromatic heterocycles. The maximum atomic E-state index is 13.3. The summed E-state index contributed by atoms with van der Waals surface area (Å²) >= 11 is 0. The molecular formula is C23H26FN5O3. The molecule has 168 valence electrons. The van der Waals surface area contributed by atoms with Crippen molar-refractivity contribution >= 4 is 11.7 Å². The molecule has 3 N–H and O–H groups in total. The Hall–Kier alpha value is -3.43. The summed E-state index contributed by atoms with van der Waals surface area (Å²) in [4.78, 5) is 14.7. The fourth-order valence-corrected chi connectivity index (χ4v) is 3.44. The highest BCUT2D eigenvalue weighted by Crippen LogP contribution is 2.30. The summed E-state index contributed by atoms with van der Waals surface area (Å²) in [6.45, 7) is 4.68. The number of H-pyrrole nitrogens is 1. The smallest absolute Gasteiger partial charge is 0.319 e. The number of carbonyl (C=O) groups is 1. The second kappa shape index (κ2) is 10.7. The number of rotatable bonds is 8. The minimum absolute atomic E-state index is 0.212. The van der Waals surface area contributed by atoms with Crippen molar-refractivity contribution in [1.29, 1.82) is 0 Å². The summed E-state index contributed by atoms with van der Waals surface area (Å²) in [5.41, 5.74) is 3.07. The zero-order valence-corrected chi connectivity index (χ0v) is 17.6. The highest BCUT2D eigenvalue weighted by Gasteiger charge is 2.13. The summed E-state index contributed by atoms with van der Waals surface area (Å²) in [5.74, 6) is 0.230. The molecule has 8 nitrogen and oxygen atoms in total. The number of morpholine rings is 1. The van der Waals surface area contributed by atoms with Crippen LogP contribution >= 0.6 is 0 Å². The lowest BCUT2D eigenvalue weighted by molar-refractivity contribution is 0.0323. The third kappa shape index (κ3) is 6.05. The van der Waals surface area contributed by atoms with E-state index in [1.165, 1.54) is 12.1 Å². The van der Waals surface area contributed by atoms with Gasteiger partial charge in [0, 0.05) is 37.9 Å². The number of hydrogen-bond donors (Lipinski definition) is 3. The van der Waals surface area contributed by atoms with Gasteiger partial charge in [0.1, 0.15) is 18.2 Å². The van der Waals surface area contributed by atoms with E-state index in [0.717, 1.165) is 44.0 Å². The van der Waals surface area contributed by atoms with Crippen molar-refractivity contribution in [2.24, 2.45) is 0 Å². The number of urea groups is 1. The quantitative estimate of drug-likeness (QED) is 0.501. The first-order chi connectivity index (χ1) is 15.7. The Morgan fingerprint density at radius 2 is 2.06 bits per heavy atom. The van der Waals surface area contributed by atoms with Crippen LogP contribution in [0.25, 0.3) is 11.1 Å². The number of halogens is 1. The van der Waals surface area contributed by atoms with Crippen molar-refractivity contribution in [3.05, 3.63) is 66.2 Å². The topological polar surface area (TPSA) is 91.5 Å². The van der Waals surface area contributed by atoms with Gasteiger partial charge >= 0.3 is 6.03 Å². The van der Waals surface area contributed by atoms with E-state index in [-0.39, 0.29) is 12.4 Å². The number of amides is 2. The number of ether oxygens (including phenoxy) is 2. The van der Waals surface area contributed by atoms with Gasteiger partial charge in [-0.1, -0.05) is 18.2 Å². The highest BCUT2D eigenvalue weighted by atomic mass is 19.1. The average Bonchev–Trinajstić information content (AvgIpc) is 3.35. The fraction of sp³-hybridized carbons (Fsp3) is 0.304. The van der Waals surface area contributed by atoms with Gasteiger partial charge in [-0.25, -0.2) is 9.18 Å². The Labute approximate surface area is 185 Å². The molecule has 9 heteroatoms. The van der Waals surface area contributed by atoms with E-state index in [4.69, 9.17) is 9.47 Å². The third-order valence-corrected chi connectivity index (χ3v) is 5.17. The number of nitrogens with one attached hydrogen (secondary N) is 3. The van der Waals surface area contributed by atoms with Crippen molar-refractivity contribution in [3.8, 4) is 16.9 Å². The van der Waals surface area contributed by atoms with Crippen LogP contribution in [0, 0.1) is 5.82 Å². The first-order valence-corrected chi connectivity index (χ1v) is 10.5. The Morgan fingerprint density at radius 1 is 1.19 bits per heavy atom. The monoisotopic (exact) mass is 439 g/mol. The first-order valence-electron chi connectivity index (χ1n) is 10.5. The molecule has 0 aliphatic carbocycles. The number of aromatic nitrogens is 2. The van der Waals surface area contributed by atoms with E-state index in [1.54, 1.807) is 30.6 Å². The van der Waals surface area contributed by atoms with Crippen LogP contribution in [-0.4, -0.2) is 60.6 Å². The molecule has 2 aromatic carbocycles. The maximum absolute atomic E-state index is 13.3. The minimum atomic E-state index is -0.400. The molecule has 1 fully saturated rings. The fourth-order valence-electron chi connectivity index (χ4n) is 3.44. The number of aromatic amines is 1. The molecule has 0 radical (unpaired) electrons. The lowest BCUT2D eigenvalue weighted by Gasteiger charge is -2.26. The van der Waals surface area contributed by atoms with Gasteiger partial charge in [0.15, 0.2) is 0 Å². The van der Waals surface area contributed by atoms with Gasteiger partial charge in [-0.15, -0.1) is 0 Å². The van der Waals surface area contributed by atoms with E-state index in [2.05, 4.69) is 25.7 Å². The molecule has 3 aromatic rings. The van der Waals surface area contributed by atoms with Crippen molar-refractivity contribution in [1.82, 2.24) is 20.4 Å². The normalized spacial score (nSPS) is 14.2. The van der Waals surface area contributed by atoms with Crippen molar-refractivity contribution in [2.75, 3.05) is 44.8 Å². The van der Waals surface area contributed by atoms with Crippen LogP contribution in [0.5, 0.6) is 5.75 Å². The standard InChI is InChI=1S/C23H26FN5O3/c24-20-3-1-2-17(12-20)14-25-23(30)28-21-5-4-18(19-15-26-27-16-19)13-22(21)32-11-8-29-6-9-31-10-7-29/h1-5,12-13,15-16H,6-11,14H2,(H,26,27)(H2,25,28,30). The molecule has 1 saturated heterocycles. The van der Waals surface area contributed by atoms with Gasteiger partial charge in [-0.3, -0.25) is 10.00 Å². The molecule has 0 spiro atoms. The minimum Gasteiger partial charge on any atom is -0.490 e. The van der Waals surface area contributed by atoms with E-state index in [1.807, 2.05) is 12.1 Å². The van der Waals surface area contributed by atoms with Crippen molar-refractivity contribution in [3.63, 3.8) is 0 Å². The molecular weight excluding hydrogens is 413 g/mol. The van der Waals surface area contributed by atoms with Crippen molar-refractivity contribution < 1.29 is 18.7 Å². The van der Waals surface area contributed by atoms with Gasteiger partial charge in [0.05, 0.1) is 25.1 Å². The summed E-state index contributed by atoms with van der Waals surface area (Å²) in [7, 11) is 0. The molecule has 0 saturated carbocycles. The lowest BCUT2D eigenvalue weighted by atomic mass is 10.1. The lowest BCUT2D eigenvalue weighted by Crippen LogP contribution is -2.38. The van der Waals surface area contributed by atoms with Crippen LogP contribution in [0.3, 0.4) is 0 Å². The zero-order valence-electron chi connectivity index (χ0n) is 17.6. The third-order valence-electron chi connectivity index (χ3n) is 5.17. The van der Waals surface area contributed by atoms with Gasteiger partial charge < -0.3 is 20.1 Å². The summed E-state index contributed by atoms with van der Waals surface area (Å²) in [5, 5.41) is 12.4. The van der Waals surface area contributed by atoms with Crippen LogP contribution in [0.1, 0.15) is 5.56 Å². The predicted molar refractivity (Wildman–Crippen MR) is 119 cm³/mol. The summed E-state index contributed by atoms with van der Waals surface area (Å²) in [6, 6.07) is 11.3. The largest absolute Gasteiger partial charge is 0.490 e. The molecule has 0 bridgehead atoms.